The lowest BCUT2D eigenvalue weighted by atomic mass is 10.0. The third-order valence-electron chi connectivity index (χ3n) is 2.73. The highest BCUT2D eigenvalue weighted by molar-refractivity contribution is 5.84. The predicted octanol–water partition coefficient (Wildman–Crippen LogP) is 2.76. The zero-order valence-electron chi connectivity index (χ0n) is 11.4. The molecule has 0 fully saturated rings. The number of Topliss-reactive ketones (excluding diaryl/α,β-unsaturated/α-hetero) is 1. The van der Waals surface area contributed by atoms with E-state index >= 15 is 0 Å². The van der Waals surface area contributed by atoms with Gasteiger partial charge in [0.25, 0.3) is 0 Å². The van der Waals surface area contributed by atoms with E-state index in [1.54, 1.807) is 26.4 Å². The molecule has 4 nitrogen and oxygen atoms in total. The Labute approximate surface area is 108 Å². The maximum Gasteiger partial charge on any atom is 0.166 e. The molecule has 0 amide bonds. The van der Waals surface area contributed by atoms with E-state index in [4.69, 9.17) is 14.2 Å². The SMILES string of the molecule is CCCC(=O)C(OC)c1ccc(OC)c(OC)c1. The van der Waals surface area contributed by atoms with E-state index in [2.05, 4.69) is 0 Å². The highest BCUT2D eigenvalue weighted by atomic mass is 16.5. The summed E-state index contributed by atoms with van der Waals surface area (Å²) in [7, 11) is 4.68. The van der Waals surface area contributed by atoms with Gasteiger partial charge in [0.05, 0.1) is 14.2 Å². The Balaban J connectivity index is 3.03. The molecule has 0 heterocycles. The summed E-state index contributed by atoms with van der Waals surface area (Å²) in [6.07, 6.45) is 0.781. The maximum absolute atomic E-state index is 11.9. The summed E-state index contributed by atoms with van der Waals surface area (Å²) in [5, 5.41) is 0. The summed E-state index contributed by atoms with van der Waals surface area (Å²) in [5.74, 6) is 1.31. The average Bonchev–Trinajstić information content (AvgIpc) is 2.39. The predicted molar refractivity (Wildman–Crippen MR) is 69.2 cm³/mol. The minimum atomic E-state index is -0.537. The summed E-state index contributed by atoms with van der Waals surface area (Å²) in [6, 6.07) is 5.38. The molecule has 0 aromatic heterocycles. The topological polar surface area (TPSA) is 44.8 Å². The highest BCUT2D eigenvalue weighted by Crippen LogP contribution is 2.31. The van der Waals surface area contributed by atoms with Gasteiger partial charge in [-0.1, -0.05) is 13.0 Å². The molecule has 0 bridgehead atoms. The molecule has 0 saturated carbocycles. The summed E-state index contributed by atoms with van der Waals surface area (Å²) >= 11 is 0. The Bertz CT molecular complexity index is 401. The van der Waals surface area contributed by atoms with Crippen LogP contribution in [0.15, 0.2) is 18.2 Å². The van der Waals surface area contributed by atoms with Gasteiger partial charge in [-0.3, -0.25) is 4.79 Å². The Morgan fingerprint density at radius 2 is 1.83 bits per heavy atom. The summed E-state index contributed by atoms with van der Waals surface area (Å²) < 4.78 is 15.7. The molecule has 0 aliphatic rings. The molecule has 0 aliphatic heterocycles. The fourth-order valence-electron chi connectivity index (χ4n) is 1.85. The first kappa shape index (κ1) is 14.5. The Morgan fingerprint density at radius 3 is 2.33 bits per heavy atom. The first-order valence-corrected chi connectivity index (χ1v) is 5.95. The number of carbonyl (C=O) groups is 1. The second kappa shape index (κ2) is 7.01. The second-order valence-corrected chi connectivity index (χ2v) is 3.95. The highest BCUT2D eigenvalue weighted by Gasteiger charge is 2.20. The zero-order valence-corrected chi connectivity index (χ0v) is 11.4. The molecule has 1 aromatic rings. The van der Waals surface area contributed by atoms with Crippen molar-refractivity contribution in [2.45, 2.75) is 25.9 Å². The van der Waals surface area contributed by atoms with Crippen molar-refractivity contribution in [2.24, 2.45) is 0 Å². The van der Waals surface area contributed by atoms with Crippen molar-refractivity contribution in [1.29, 1.82) is 0 Å². The molecule has 18 heavy (non-hydrogen) atoms. The molecule has 1 unspecified atom stereocenters. The van der Waals surface area contributed by atoms with Gasteiger partial charge in [0.15, 0.2) is 17.3 Å². The molecule has 0 radical (unpaired) electrons. The van der Waals surface area contributed by atoms with Crippen LogP contribution in [-0.4, -0.2) is 27.1 Å². The van der Waals surface area contributed by atoms with Gasteiger partial charge in [0.2, 0.25) is 0 Å². The number of methoxy groups -OCH3 is 3. The van der Waals surface area contributed by atoms with Crippen molar-refractivity contribution in [3.05, 3.63) is 23.8 Å². The quantitative estimate of drug-likeness (QED) is 0.748. The molecular formula is C14H20O4. The second-order valence-electron chi connectivity index (χ2n) is 3.95. The van der Waals surface area contributed by atoms with E-state index in [0.717, 1.165) is 12.0 Å². The summed E-state index contributed by atoms with van der Waals surface area (Å²) in [6.45, 7) is 1.97. The molecular weight excluding hydrogens is 232 g/mol. The van der Waals surface area contributed by atoms with Crippen LogP contribution in [0, 0.1) is 0 Å². The normalized spacial score (nSPS) is 12.0. The van der Waals surface area contributed by atoms with Gasteiger partial charge in [-0.25, -0.2) is 0 Å². The van der Waals surface area contributed by atoms with E-state index in [1.807, 2.05) is 13.0 Å². The van der Waals surface area contributed by atoms with Crippen molar-refractivity contribution in [1.82, 2.24) is 0 Å². The molecule has 0 spiro atoms. The van der Waals surface area contributed by atoms with E-state index in [-0.39, 0.29) is 5.78 Å². The van der Waals surface area contributed by atoms with Gasteiger partial charge in [0, 0.05) is 13.5 Å². The average molecular weight is 252 g/mol. The van der Waals surface area contributed by atoms with Crippen LogP contribution in [-0.2, 0) is 9.53 Å². The van der Waals surface area contributed by atoms with Crippen molar-refractivity contribution >= 4 is 5.78 Å². The van der Waals surface area contributed by atoms with Crippen LogP contribution in [0.5, 0.6) is 11.5 Å². The van der Waals surface area contributed by atoms with E-state index < -0.39 is 6.10 Å². The lowest BCUT2D eigenvalue weighted by Crippen LogP contribution is -2.14. The van der Waals surface area contributed by atoms with Crippen molar-refractivity contribution in [3.63, 3.8) is 0 Å². The smallest absolute Gasteiger partial charge is 0.166 e. The van der Waals surface area contributed by atoms with Crippen LogP contribution in [0.2, 0.25) is 0 Å². The fourth-order valence-corrected chi connectivity index (χ4v) is 1.85. The molecule has 1 atom stereocenters. The molecule has 4 heteroatoms. The minimum absolute atomic E-state index is 0.0761. The van der Waals surface area contributed by atoms with Crippen LogP contribution in [0.25, 0.3) is 0 Å². The standard InChI is InChI=1S/C14H20O4/c1-5-6-11(15)14(18-4)10-7-8-12(16-2)13(9-10)17-3/h7-9,14H,5-6H2,1-4H3. The number of ketones is 1. The maximum atomic E-state index is 11.9. The minimum Gasteiger partial charge on any atom is -0.493 e. The van der Waals surface area contributed by atoms with E-state index in [1.165, 1.54) is 7.11 Å². The first-order valence-electron chi connectivity index (χ1n) is 5.95. The number of carbonyl (C=O) groups excluding carboxylic acids is 1. The van der Waals surface area contributed by atoms with Crippen LogP contribution >= 0.6 is 0 Å². The fraction of sp³-hybridized carbons (Fsp3) is 0.500. The van der Waals surface area contributed by atoms with Gasteiger partial charge in [-0.15, -0.1) is 0 Å². The molecule has 1 aromatic carbocycles. The monoisotopic (exact) mass is 252 g/mol. The zero-order chi connectivity index (χ0) is 13.5. The van der Waals surface area contributed by atoms with Crippen LogP contribution in [0.3, 0.4) is 0 Å². The Morgan fingerprint density at radius 1 is 1.17 bits per heavy atom. The molecule has 1 rings (SSSR count). The van der Waals surface area contributed by atoms with E-state index in [9.17, 15) is 4.79 Å². The number of hydrogen-bond donors (Lipinski definition) is 0. The van der Waals surface area contributed by atoms with E-state index in [0.29, 0.717) is 17.9 Å². The van der Waals surface area contributed by atoms with Gasteiger partial charge in [0.1, 0.15) is 6.10 Å². The lowest BCUT2D eigenvalue weighted by Gasteiger charge is -2.16. The van der Waals surface area contributed by atoms with Gasteiger partial charge in [-0.2, -0.15) is 0 Å². The number of hydrogen-bond acceptors (Lipinski definition) is 4. The third-order valence-corrected chi connectivity index (χ3v) is 2.73. The summed E-state index contributed by atoms with van der Waals surface area (Å²) in [5.41, 5.74) is 0.786. The first-order chi connectivity index (χ1) is 8.67. The Hall–Kier alpha value is -1.55. The van der Waals surface area contributed by atoms with Gasteiger partial charge < -0.3 is 14.2 Å². The van der Waals surface area contributed by atoms with Crippen LogP contribution in [0.1, 0.15) is 31.4 Å². The number of ether oxygens (including phenoxy) is 3. The van der Waals surface area contributed by atoms with Crippen molar-refractivity contribution in [3.8, 4) is 11.5 Å². The molecule has 0 aliphatic carbocycles. The Kier molecular flexibility index (Phi) is 5.65. The summed E-state index contributed by atoms with van der Waals surface area (Å²) in [4.78, 5) is 11.9. The third kappa shape index (κ3) is 3.23. The largest absolute Gasteiger partial charge is 0.493 e. The van der Waals surface area contributed by atoms with Crippen molar-refractivity contribution < 1.29 is 19.0 Å². The van der Waals surface area contributed by atoms with Gasteiger partial charge >= 0.3 is 0 Å². The van der Waals surface area contributed by atoms with Crippen molar-refractivity contribution in [2.75, 3.05) is 21.3 Å². The lowest BCUT2D eigenvalue weighted by molar-refractivity contribution is -0.129. The number of benzene rings is 1. The van der Waals surface area contributed by atoms with Crippen LogP contribution in [0.4, 0.5) is 0 Å². The van der Waals surface area contributed by atoms with Gasteiger partial charge in [-0.05, 0) is 24.1 Å². The molecule has 0 N–H and O–H groups in total. The number of rotatable bonds is 7. The molecule has 0 saturated heterocycles. The van der Waals surface area contributed by atoms with Crippen LogP contribution < -0.4 is 9.47 Å². The molecule has 100 valence electrons.